The van der Waals surface area contributed by atoms with Crippen LogP contribution < -0.4 is 4.74 Å². The highest BCUT2D eigenvalue weighted by molar-refractivity contribution is 9.10. The Kier molecular flexibility index (Phi) is 5.45. The molecule has 23 heavy (non-hydrogen) atoms. The highest BCUT2D eigenvalue weighted by Gasteiger charge is 2.39. The van der Waals surface area contributed by atoms with E-state index in [1.54, 1.807) is 6.07 Å². The minimum atomic E-state index is -3.62. The van der Waals surface area contributed by atoms with Crippen LogP contribution in [0, 0.1) is 11.3 Å². The number of aliphatic hydroxyl groups excluding tert-OH is 1. The molecule has 0 aromatic heterocycles. The van der Waals surface area contributed by atoms with Crippen molar-refractivity contribution in [3.63, 3.8) is 0 Å². The molecule has 1 aliphatic rings. The molecule has 0 aliphatic carbocycles. The number of β-amino-alcohol motifs (C(OH)–C–C–N with tert-alkyl or cyclic N) is 1. The summed E-state index contributed by atoms with van der Waals surface area (Å²) in [5.74, 6) is 0.673. The Bertz CT molecular complexity index is 669. The van der Waals surface area contributed by atoms with Gasteiger partial charge in [0.1, 0.15) is 5.75 Å². The normalized spacial score (nSPS) is 23.7. The van der Waals surface area contributed by atoms with E-state index in [1.807, 2.05) is 0 Å². The minimum Gasteiger partial charge on any atom is -0.496 e. The molecule has 7 heteroatoms. The Balaban J connectivity index is 2.23. The van der Waals surface area contributed by atoms with Crippen LogP contribution in [0.1, 0.15) is 27.2 Å². The lowest BCUT2D eigenvalue weighted by atomic mass is 9.74. The second-order valence-electron chi connectivity index (χ2n) is 6.99. The highest BCUT2D eigenvalue weighted by Crippen LogP contribution is 2.36. The van der Waals surface area contributed by atoms with Crippen LogP contribution >= 0.6 is 15.9 Å². The number of piperidine rings is 1. The summed E-state index contributed by atoms with van der Waals surface area (Å²) in [5.41, 5.74) is -0.0432. The van der Waals surface area contributed by atoms with Gasteiger partial charge in [0.2, 0.25) is 10.0 Å². The molecule has 0 bridgehead atoms. The van der Waals surface area contributed by atoms with Crippen molar-refractivity contribution < 1.29 is 18.3 Å². The molecule has 0 saturated carbocycles. The Labute approximate surface area is 146 Å². The van der Waals surface area contributed by atoms with Crippen LogP contribution in [0.5, 0.6) is 5.75 Å². The smallest absolute Gasteiger partial charge is 0.243 e. The number of nitrogens with zero attached hydrogens (tertiary/aromatic N) is 1. The molecule has 0 unspecified atom stereocenters. The molecule has 1 aromatic carbocycles. The third-order valence-corrected chi connectivity index (χ3v) is 6.90. The number of methoxy groups -OCH3 is 1. The third kappa shape index (κ3) is 3.90. The van der Waals surface area contributed by atoms with Crippen molar-refractivity contribution in [2.24, 2.45) is 11.3 Å². The van der Waals surface area contributed by atoms with E-state index in [2.05, 4.69) is 36.7 Å². The van der Waals surface area contributed by atoms with E-state index in [0.29, 0.717) is 23.2 Å². The number of rotatable bonds is 3. The van der Waals surface area contributed by atoms with Crippen LogP contribution in [0.3, 0.4) is 0 Å². The number of hydrogen-bond acceptors (Lipinski definition) is 4. The summed E-state index contributed by atoms with van der Waals surface area (Å²) in [4.78, 5) is 0.201. The Morgan fingerprint density at radius 2 is 2.00 bits per heavy atom. The Hall–Kier alpha value is -0.630. The maximum absolute atomic E-state index is 12.8. The summed E-state index contributed by atoms with van der Waals surface area (Å²) in [6, 6.07) is 4.69. The fourth-order valence-corrected chi connectivity index (χ4v) is 5.28. The average molecular weight is 406 g/mol. The summed E-state index contributed by atoms with van der Waals surface area (Å²) in [6.07, 6.45) is 0.00141. The second-order valence-corrected chi connectivity index (χ2v) is 9.78. The largest absolute Gasteiger partial charge is 0.496 e. The lowest BCUT2D eigenvalue weighted by Crippen LogP contribution is -2.49. The number of benzene rings is 1. The van der Waals surface area contributed by atoms with Crippen molar-refractivity contribution in [3.8, 4) is 5.75 Å². The van der Waals surface area contributed by atoms with Crippen molar-refractivity contribution in [2.75, 3.05) is 20.2 Å². The average Bonchev–Trinajstić information content (AvgIpc) is 2.45. The molecule has 1 saturated heterocycles. The van der Waals surface area contributed by atoms with E-state index in [0.717, 1.165) is 0 Å². The molecule has 5 nitrogen and oxygen atoms in total. The van der Waals surface area contributed by atoms with E-state index in [4.69, 9.17) is 4.74 Å². The van der Waals surface area contributed by atoms with Crippen molar-refractivity contribution in [3.05, 3.63) is 22.7 Å². The minimum absolute atomic E-state index is 0.0432. The van der Waals surface area contributed by atoms with Gasteiger partial charge >= 0.3 is 0 Å². The first-order valence-electron chi connectivity index (χ1n) is 7.59. The van der Waals surface area contributed by atoms with Crippen LogP contribution in [0.15, 0.2) is 27.6 Å². The van der Waals surface area contributed by atoms with Crippen molar-refractivity contribution in [1.29, 1.82) is 0 Å². The Morgan fingerprint density at radius 1 is 1.35 bits per heavy atom. The Morgan fingerprint density at radius 3 is 2.48 bits per heavy atom. The zero-order valence-electron chi connectivity index (χ0n) is 13.9. The summed E-state index contributed by atoms with van der Waals surface area (Å²) in [6.45, 7) is 6.78. The third-order valence-electron chi connectivity index (χ3n) is 4.42. The zero-order valence-corrected chi connectivity index (χ0v) is 16.3. The van der Waals surface area contributed by atoms with Gasteiger partial charge in [-0.05, 0) is 51.9 Å². The van der Waals surface area contributed by atoms with Gasteiger partial charge in [-0.3, -0.25) is 0 Å². The molecule has 1 N–H and O–H groups in total. The van der Waals surface area contributed by atoms with Gasteiger partial charge in [0, 0.05) is 13.1 Å². The molecule has 1 aliphatic heterocycles. The number of aliphatic hydroxyl groups is 1. The zero-order chi connectivity index (χ0) is 17.4. The maximum atomic E-state index is 12.8. The van der Waals surface area contributed by atoms with E-state index in [1.165, 1.54) is 23.5 Å². The van der Waals surface area contributed by atoms with Crippen LogP contribution in [0.2, 0.25) is 0 Å². The fraction of sp³-hybridized carbons (Fsp3) is 0.625. The van der Waals surface area contributed by atoms with Crippen LogP contribution in [-0.2, 0) is 10.0 Å². The fourth-order valence-electron chi connectivity index (χ4n) is 3.09. The number of sulfonamides is 1. The quantitative estimate of drug-likeness (QED) is 0.839. The van der Waals surface area contributed by atoms with Crippen LogP contribution in [-0.4, -0.2) is 44.1 Å². The van der Waals surface area contributed by atoms with Gasteiger partial charge in [-0.1, -0.05) is 20.8 Å². The first kappa shape index (κ1) is 18.7. The molecular weight excluding hydrogens is 382 g/mol. The molecule has 2 rings (SSSR count). The predicted molar refractivity (Wildman–Crippen MR) is 93.0 cm³/mol. The predicted octanol–water partition coefficient (Wildman–Crippen LogP) is 2.88. The molecule has 0 radical (unpaired) electrons. The molecule has 130 valence electrons. The highest BCUT2D eigenvalue weighted by atomic mass is 79.9. The molecule has 0 amide bonds. The molecule has 1 aromatic rings. The van der Waals surface area contributed by atoms with Crippen LogP contribution in [0.25, 0.3) is 0 Å². The molecule has 1 fully saturated rings. The molecular formula is C16H24BrNO4S. The topological polar surface area (TPSA) is 66.8 Å². The van der Waals surface area contributed by atoms with E-state index < -0.39 is 16.1 Å². The lowest BCUT2D eigenvalue weighted by Gasteiger charge is -2.41. The first-order valence-corrected chi connectivity index (χ1v) is 9.82. The van der Waals surface area contributed by atoms with E-state index in [9.17, 15) is 13.5 Å². The second kappa shape index (κ2) is 6.70. The van der Waals surface area contributed by atoms with Gasteiger partial charge in [0.15, 0.2) is 0 Å². The summed E-state index contributed by atoms with van der Waals surface area (Å²) in [5, 5.41) is 10.4. The van der Waals surface area contributed by atoms with Gasteiger partial charge in [0.25, 0.3) is 0 Å². The number of halogens is 1. The lowest BCUT2D eigenvalue weighted by molar-refractivity contribution is -0.00209. The molecule has 1 heterocycles. The number of ether oxygens (including phenoxy) is 1. The first-order chi connectivity index (χ1) is 10.6. The van der Waals surface area contributed by atoms with Gasteiger partial charge in [-0.15, -0.1) is 0 Å². The monoisotopic (exact) mass is 405 g/mol. The van der Waals surface area contributed by atoms with Crippen molar-refractivity contribution >= 4 is 26.0 Å². The van der Waals surface area contributed by atoms with Gasteiger partial charge in [-0.25, -0.2) is 8.42 Å². The van der Waals surface area contributed by atoms with Crippen molar-refractivity contribution in [1.82, 2.24) is 4.31 Å². The van der Waals surface area contributed by atoms with E-state index in [-0.39, 0.29) is 22.8 Å². The SMILES string of the molecule is COc1ccc(S(=O)(=O)N2CC[C@H](C(C)(C)C)[C@@H](O)C2)cc1Br. The van der Waals surface area contributed by atoms with Gasteiger partial charge < -0.3 is 9.84 Å². The standard InChI is InChI=1S/C16H24BrNO4S/c1-16(2,3)12-7-8-18(10-14(12)19)23(20,21)11-5-6-15(22-4)13(17)9-11/h5-6,9,12,14,19H,7-8,10H2,1-4H3/t12-,14-/m0/s1. The van der Waals surface area contributed by atoms with Gasteiger partial charge in [0.05, 0.1) is 22.6 Å². The van der Waals surface area contributed by atoms with Crippen molar-refractivity contribution in [2.45, 2.75) is 38.2 Å². The summed E-state index contributed by atoms with van der Waals surface area (Å²) >= 11 is 3.31. The number of hydrogen-bond donors (Lipinski definition) is 1. The maximum Gasteiger partial charge on any atom is 0.243 e. The molecule has 0 spiro atoms. The van der Waals surface area contributed by atoms with Gasteiger partial charge in [-0.2, -0.15) is 4.31 Å². The summed E-state index contributed by atoms with van der Waals surface area (Å²) in [7, 11) is -2.09. The van der Waals surface area contributed by atoms with Crippen LogP contribution in [0.4, 0.5) is 0 Å². The summed E-state index contributed by atoms with van der Waals surface area (Å²) < 4.78 is 32.7. The van der Waals surface area contributed by atoms with E-state index >= 15 is 0 Å². The molecule has 2 atom stereocenters.